The molecule has 0 unspecified atom stereocenters. The lowest BCUT2D eigenvalue weighted by molar-refractivity contribution is -0.131. The molecule has 0 fully saturated rings. The molecule has 15 heavy (non-hydrogen) atoms. The Kier molecular flexibility index (Phi) is 3.91. The van der Waals surface area contributed by atoms with Gasteiger partial charge in [-0.05, 0) is 33.6 Å². The molecule has 0 saturated carbocycles. The zero-order chi connectivity index (χ0) is 11.5. The van der Waals surface area contributed by atoms with E-state index in [1.54, 1.807) is 0 Å². The Balaban J connectivity index is 2.36. The van der Waals surface area contributed by atoms with E-state index >= 15 is 0 Å². The van der Waals surface area contributed by atoms with E-state index < -0.39 is 0 Å². The minimum atomic E-state index is -0.239. The van der Waals surface area contributed by atoms with Crippen molar-refractivity contribution < 1.29 is 4.79 Å². The summed E-state index contributed by atoms with van der Waals surface area (Å²) in [6.07, 6.45) is 4.47. The third-order valence-electron chi connectivity index (χ3n) is 2.77. The van der Waals surface area contributed by atoms with Crippen molar-refractivity contribution in [1.29, 1.82) is 0 Å². The summed E-state index contributed by atoms with van der Waals surface area (Å²) in [5.74, 6) is 0.234. The number of carbonyl (C=O) groups is 1. The lowest BCUT2D eigenvalue weighted by atomic mass is 9.99. The summed E-state index contributed by atoms with van der Waals surface area (Å²) in [7, 11) is 0. The van der Waals surface area contributed by atoms with Crippen LogP contribution in [0.5, 0.6) is 0 Å². The number of rotatable bonds is 3. The quantitative estimate of drug-likeness (QED) is 0.720. The van der Waals surface area contributed by atoms with Crippen molar-refractivity contribution in [2.24, 2.45) is 5.73 Å². The number of nitrogens with two attached hydrogens (primary N) is 1. The van der Waals surface area contributed by atoms with E-state index in [1.807, 2.05) is 18.7 Å². The third kappa shape index (κ3) is 4.47. The van der Waals surface area contributed by atoms with Crippen LogP contribution in [0, 0.1) is 0 Å². The van der Waals surface area contributed by atoms with E-state index in [1.165, 1.54) is 5.57 Å². The second-order valence-corrected chi connectivity index (χ2v) is 5.13. The lowest BCUT2D eigenvalue weighted by Gasteiger charge is -2.27. The van der Waals surface area contributed by atoms with Crippen LogP contribution in [0.1, 0.15) is 40.0 Å². The van der Waals surface area contributed by atoms with Gasteiger partial charge in [0.2, 0.25) is 5.91 Å². The summed E-state index contributed by atoms with van der Waals surface area (Å²) >= 11 is 0. The molecule has 2 N–H and O–H groups in total. The van der Waals surface area contributed by atoms with Crippen LogP contribution in [0.15, 0.2) is 11.6 Å². The van der Waals surface area contributed by atoms with Gasteiger partial charge in [0.15, 0.2) is 0 Å². The second-order valence-electron chi connectivity index (χ2n) is 5.13. The number of hydrogen-bond donors (Lipinski definition) is 1. The van der Waals surface area contributed by atoms with Gasteiger partial charge in [0.05, 0.1) is 0 Å². The van der Waals surface area contributed by atoms with Gasteiger partial charge in [0.1, 0.15) is 0 Å². The van der Waals surface area contributed by atoms with Crippen molar-refractivity contribution >= 4 is 5.91 Å². The Morgan fingerprint density at radius 1 is 1.60 bits per heavy atom. The first-order chi connectivity index (χ1) is 6.88. The van der Waals surface area contributed by atoms with Gasteiger partial charge in [-0.2, -0.15) is 0 Å². The van der Waals surface area contributed by atoms with Gasteiger partial charge in [-0.3, -0.25) is 4.79 Å². The smallest absolute Gasteiger partial charge is 0.222 e. The summed E-state index contributed by atoms with van der Waals surface area (Å²) in [6.45, 7) is 7.67. The highest BCUT2D eigenvalue weighted by Crippen LogP contribution is 2.13. The van der Waals surface area contributed by atoms with Crippen molar-refractivity contribution in [3.8, 4) is 0 Å². The summed E-state index contributed by atoms with van der Waals surface area (Å²) in [5, 5.41) is 0. The third-order valence-corrected chi connectivity index (χ3v) is 2.77. The summed E-state index contributed by atoms with van der Waals surface area (Å²) < 4.78 is 0. The van der Waals surface area contributed by atoms with E-state index in [-0.39, 0.29) is 11.4 Å². The van der Waals surface area contributed by atoms with Gasteiger partial charge in [0.25, 0.3) is 0 Å². The zero-order valence-corrected chi connectivity index (χ0v) is 10.0. The van der Waals surface area contributed by atoms with Crippen molar-refractivity contribution in [1.82, 2.24) is 4.90 Å². The molecule has 0 saturated heterocycles. The SMILES string of the molecule is CC1=CCN(C(=O)CCC(C)(C)N)CC1. The van der Waals surface area contributed by atoms with Gasteiger partial charge in [-0.1, -0.05) is 11.6 Å². The molecule has 1 amide bonds. The molecular weight excluding hydrogens is 188 g/mol. The van der Waals surface area contributed by atoms with Crippen LogP contribution < -0.4 is 5.73 Å². The summed E-state index contributed by atoms with van der Waals surface area (Å²) in [5.41, 5.74) is 7.00. The van der Waals surface area contributed by atoms with Crippen LogP contribution in [0.3, 0.4) is 0 Å². The Morgan fingerprint density at radius 2 is 2.27 bits per heavy atom. The maximum absolute atomic E-state index is 11.8. The molecule has 0 aromatic carbocycles. The van der Waals surface area contributed by atoms with Crippen molar-refractivity contribution in [2.45, 2.75) is 45.6 Å². The average molecular weight is 210 g/mol. The number of hydrogen-bond acceptors (Lipinski definition) is 2. The maximum atomic E-state index is 11.8. The van der Waals surface area contributed by atoms with E-state index in [9.17, 15) is 4.79 Å². The molecule has 0 bridgehead atoms. The first-order valence-electron chi connectivity index (χ1n) is 5.61. The number of carbonyl (C=O) groups excluding carboxylic acids is 1. The Bertz CT molecular complexity index is 263. The topological polar surface area (TPSA) is 46.3 Å². The molecule has 1 aliphatic rings. The fourth-order valence-electron chi connectivity index (χ4n) is 1.58. The highest BCUT2D eigenvalue weighted by atomic mass is 16.2. The normalized spacial score (nSPS) is 17.6. The van der Waals surface area contributed by atoms with Gasteiger partial charge in [0, 0.05) is 25.0 Å². The summed E-state index contributed by atoms with van der Waals surface area (Å²) in [4.78, 5) is 13.7. The van der Waals surface area contributed by atoms with Gasteiger partial charge in [-0.15, -0.1) is 0 Å². The molecule has 3 nitrogen and oxygen atoms in total. The van der Waals surface area contributed by atoms with E-state index in [4.69, 9.17) is 5.73 Å². The van der Waals surface area contributed by atoms with Crippen LogP contribution in [-0.4, -0.2) is 29.4 Å². The molecule has 1 rings (SSSR count). The van der Waals surface area contributed by atoms with Crippen molar-refractivity contribution in [3.63, 3.8) is 0 Å². The highest BCUT2D eigenvalue weighted by Gasteiger charge is 2.18. The molecular formula is C12H22N2O. The van der Waals surface area contributed by atoms with Crippen LogP contribution in [0.25, 0.3) is 0 Å². The molecule has 1 aliphatic heterocycles. The highest BCUT2D eigenvalue weighted by molar-refractivity contribution is 5.76. The van der Waals surface area contributed by atoms with Crippen molar-refractivity contribution in [2.75, 3.05) is 13.1 Å². The molecule has 3 heteroatoms. The molecule has 0 aromatic rings. The Hall–Kier alpha value is -0.830. The maximum Gasteiger partial charge on any atom is 0.222 e. The van der Waals surface area contributed by atoms with E-state index in [0.29, 0.717) is 6.42 Å². The van der Waals surface area contributed by atoms with Gasteiger partial charge in [-0.25, -0.2) is 0 Å². The lowest BCUT2D eigenvalue weighted by Crippen LogP contribution is -2.38. The molecule has 0 atom stereocenters. The number of nitrogens with zero attached hydrogens (tertiary/aromatic N) is 1. The van der Waals surface area contributed by atoms with Crippen LogP contribution >= 0.6 is 0 Å². The zero-order valence-electron chi connectivity index (χ0n) is 10.0. The Morgan fingerprint density at radius 3 is 2.73 bits per heavy atom. The molecule has 0 radical (unpaired) electrons. The summed E-state index contributed by atoms with van der Waals surface area (Å²) in [6, 6.07) is 0. The second kappa shape index (κ2) is 4.79. The van der Waals surface area contributed by atoms with Crippen LogP contribution in [0.4, 0.5) is 0 Å². The molecule has 86 valence electrons. The van der Waals surface area contributed by atoms with E-state index in [2.05, 4.69) is 13.0 Å². The standard InChI is InChI=1S/C12H22N2O/c1-10-5-8-14(9-6-10)11(15)4-7-12(2,3)13/h5H,4,6-9,13H2,1-3H3. The largest absolute Gasteiger partial charge is 0.339 e. The molecule has 1 heterocycles. The fourth-order valence-corrected chi connectivity index (χ4v) is 1.58. The average Bonchev–Trinajstić information content (AvgIpc) is 2.14. The molecule has 0 spiro atoms. The minimum Gasteiger partial charge on any atom is -0.339 e. The minimum absolute atomic E-state index is 0.234. The van der Waals surface area contributed by atoms with Crippen molar-refractivity contribution in [3.05, 3.63) is 11.6 Å². The van der Waals surface area contributed by atoms with Crippen LogP contribution in [0.2, 0.25) is 0 Å². The monoisotopic (exact) mass is 210 g/mol. The van der Waals surface area contributed by atoms with E-state index in [0.717, 1.165) is 25.9 Å². The predicted molar refractivity (Wildman–Crippen MR) is 62.5 cm³/mol. The fraction of sp³-hybridized carbons (Fsp3) is 0.750. The Labute approximate surface area is 92.3 Å². The predicted octanol–water partition coefficient (Wildman–Crippen LogP) is 1.68. The van der Waals surface area contributed by atoms with Gasteiger partial charge >= 0.3 is 0 Å². The van der Waals surface area contributed by atoms with Gasteiger partial charge < -0.3 is 10.6 Å². The first kappa shape index (κ1) is 12.2. The molecule has 0 aromatic heterocycles. The van der Waals surface area contributed by atoms with Crippen LogP contribution in [-0.2, 0) is 4.79 Å². The first-order valence-corrected chi connectivity index (χ1v) is 5.61. The number of amides is 1. The molecule has 0 aliphatic carbocycles.